The Morgan fingerprint density at radius 3 is 2.57 bits per heavy atom. The largest absolute Gasteiger partial charge is 0.421 e. The first kappa shape index (κ1) is 20.1. The van der Waals surface area contributed by atoms with E-state index in [0.717, 1.165) is 16.8 Å². The molecule has 0 radical (unpaired) electrons. The average Bonchev–Trinajstić information content (AvgIpc) is 3.11. The summed E-state index contributed by atoms with van der Waals surface area (Å²) in [7, 11) is 0. The summed E-state index contributed by atoms with van der Waals surface area (Å²) in [5, 5.41) is -0.242. The predicted molar refractivity (Wildman–Crippen MR) is 114 cm³/mol. The molecule has 1 unspecified atom stereocenters. The van der Waals surface area contributed by atoms with Crippen LogP contribution in [0, 0.1) is 19.7 Å². The van der Waals surface area contributed by atoms with Crippen molar-refractivity contribution < 1.29 is 18.7 Å². The van der Waals surface area contributed by atoms with Gasteiger partial charge in [-0.1, -0.05) is 12.1 Å². The van der Waals surface area contributed by atoms with E-state index in [1.165, 1.54) is 30.1 Å². The van der Waals surface area contributed by atoms with Crippen molar-refractivity contribution in [3.8, 4) is 5.75 Å². The summed E-state index contributed by atoms with van der Waals surface area (Å²) in [5.41, 5.74) is 3.55. The minimum Gasteiger partial charge on any atom is -0.421 e. The molecular weight excluding hydrogens is 403 g/mol. The molecule has 0 N–H and O–H groups in total. The molecule has 0 aliphatic carbocycles. The summed E-state index contributed by atoms with van der Waals surface area (Å²) in [6, 6.07) is 14.7. The van der Waals surface area contributed by atoms with Gasteiger partial charge in [-0.05, 0) is 67.4 Å². The first-order chi connectivity index (χ1) is 14.4. The number of pyridine rings is 1. The van der Waals surface area contributed by atoms with Crippen molar-refractivity contribution in [3.05, 3.63) is 89.0 Å². The van der Waals surface area contributed by atoms with Gasteiger partial charge in [-0.3, -0.25) is 14.7 Å². The molecule has 0 saturated carbocycles. The van der Waals surface area contributed by atoms with Crippen LogP contribution in [0.4, 0.5) is 10.1 Å². The second-order valence-corrected chi connectivity index (χ2v) is 8.07. The van der Waals surface area contributed by atoms with Gasteiger partial charge in [-0.25, -0.2) is 9.18 Å². The van der Waals surface area contributed by atoms with E-state index in [1.54, 1.807) is 47.4 Å². The van der Waals surface area contributed by atoms with Gasteiger partial charge in [-0.2, -0.15) is 0 Å². The number of ether oxygens (including phenoxy) is 1. The number of carbonyl (C=O) groups excluding carboxylic acids is 2. The molecule has 1 aromatic heterocycles. The zero-order valence-electron chi connectivity index (χ0n) is 16.5. The maximum Gasteiger partial charge on any atom is 0.343 e. The lowest BCUT2D eigenvalue weighted by Crippen LogP contribution is -2.28. The molecular formula is C23H19FN2O3S. The van der Waals surface area contributed by atoms with Crippen LogP contribution < -0.4 is 9.64 Å². The van der Waals surface area contributed by atoms with Crippen LogP contribution >= 0.6 is 11.8 Å². The van der Waals surface area contributed by atoms with Crippen molar-refractivity contribution in [1.82, 2.24) is 4.98 Å². The first-order valence-corrected chi connectivity index (χ1v) is 10.4. The molecule has 5 nitrogen and oxygen atoms in total. The highest BCUT2D eigenvalue weighted by Crippen LogP contribution is 2.42. The third kappa shape index (κ3) is 4.07. The third-order valence-corrected chi connectivity index (χ3v) is 6.02. The number of hydrogen-bond donors (Lipinski definition) is 0. The van der Waals surface area contributed by atoms with Crippen molar-refractivity contribution in [2.45, 2.75) is 19.2 Å². The van der Waals surface area contributed by atoms with Gasteiger partial charge in [0.1, 0.15) is 16.9 Å². The van der Waals surface area contributed by atoms with Gasteiger partial charge < -0.3 is 4.74 Å². The summed E-state index contributed by atoms with van der Waals surface area (Å²) in [6.45, 7) is 3.70. The zero-order valence-corrected chi connectivity index (χ0v) is 17.3. The fourth-order valence-electron chi connectivity index (χ4n) is 3.29. The lowest BCUT2D eigenvalue weighted by Gasteiger charge is -2.26. The molecule has 1 amide bonds. The Balaban J connectivity index is 1.58. The quantitative estimate of drug-likeness (QED) is 0.564. The zero-order chi connectivity index (χ0) is 21.3. The number of carbonyl (C=O) groups is 2. The molecule has 0 bridgehead atoms. The highest BCUT2D eigenvalue weighted by atomic mass is 32.2. The predicted octanol–water partition coefficient (Wildman–Crippen LogP) is 4.84. The van der Waals surface area contributed by atoms with Crippen LogP contribution in [0.2, 0.25) is 0 Å². The topological polar surface area (TPSA) is 59.5 Å². The Labute approximate surface area is 177 Å². The second-order valence-electron chi connectivity index (χ2n) is 7.00. The number of thioether (sulfide) groups is 1. The van der Waals surface area contributed by atoms with Crippen LogP contribution in [-0.2, 0) is 4.79 Å². The van der Waals surface area contributed by atoms with E-state index in [4.69, 9.17) is 4.74 Å². The van der Waals surface area contributed by atoms with E-state index in [9.17, 15) is 14.0 Å². The maximum absolute atomic E-state index is 13.3. The van der Waals surface area contributed by atoms with Gasteiger partial charge in [0.05, 0.1) is 17.5 Å². The molecule has 4 rings (SSSR count). The average molecular weight is 422 g/mol. The highest BCUT2D eigenvalue weighted by Gasteiger charge is 2.35. The summed E-state index contributed by atoms with van der Waals surface area (Å²) in [5.74, 6) is -0.130. The van der Waals surface area contributed by atoms with Crippen molar-refractivity contribution in [2.75, 3.05) is 10.7 Å². The monoisotopic (exact) mass is 422 g/mol. The summed E-state index contributed by atoms with van der Waals surface area (Å²) < 4.78 is 18.7. The van der Waals surface area contributed by atoms with E-state index >= 15 is 0 Å². The molecule has 1 aliphatic rings. The van der Waals surface area contributed by atoms with Gasteiger partial charge in [0.15, 0.2) is 0 Å². The van der Waals surface area contributed by atoms with Crippen LogP contribution in [0.3, 0.4) is 0 Å². The van der Waals surface area contributed by atoms with E-state index in [2.05, 4.69) is 4.98 Å². The Kier molecular flexibility index (Phi) is 5.55. The minimum absolute atomic E-state index is 0.0292. The molecule has 2 aromatic carbocycles. The van der Waals surface area contributed by atoms with Crippen LogP contribution in [-0.4, -0.2) is 22.6 Å². The molecule has 2 heterocycles. The number of hydrogen-bond acceptors (Lipinski definition) is 5. The number of nitrogens with zero attached hydrogens (tertiary/aromatic N) is 2. The van der Waals surface area contributed by atoms with Crippen molar-refractivity contribution in [1.29, 1.82) is 0 Å². The molecule has 7 heteroatoms. The van der Waals surface area contributed by atoms with Gasteiger partial charge >= 0.3 is 5.97 Å². The van der Waals surface area contributed by atoms with Crippen LogP contribution in [0.1, 0.15) is 32.6 Å². The number of halogens is 1. The molecule has 0 spiro atoms. The van der Waals surface area contributed by atoms with E-state index in [-0.39, 0.29) is 17.1 Å². The fourth-order valence-corrected chi connectivity index (χ4v) is 4.46. The van der Waals surface area contributed by atoms with Crippen LogP contribution in [0.15, 0.2) is 60.8 Å². The second kappa shape index (κ2) is 8.28. The van der Waals surface area contributed by atoms with Crippen LogP contribution in [0.5, 0.6) is 5.75 Å². The lowest BCUT2D eigenvalue weighted by atomic mass is 10.1. The van der Waals surface area contributed by atoms with E-state index < -0.39 is 5.97 Å². The molecule has 3 aromatic rings. The number of amides is 1. The smallest absolute Gasteiger partial charge is 0.343 e. The number of anilines is 1. The Bertz CT molecular complexity index is 1100. The van der Waals surface area contributed by atoms with Crippen molar-refractivity contribution in [2.24, 2.45) is 0 Å². The third-order valence-electron chi connectivity index (χ3n) is 4.81. The van der Waals surface area contributed by atoms with Gasteiger partial charge in [0, 0.05) is 11.4 Å². The number of aromatic nitrogens is 1. The molecule has 1 atom stereocenters. The van der Waals surface area contributed by atoms with E-state index in [0.29, 0.717) is 22.8 Å². The van der Waals surface area contributed by atoms with Crippen LogP contribution in [0.25, 0.3) is 0 Å². The number of aryl methyl sites for hydroxylation is 2. The summed E-state index contributed by atoms with van der Waals surface area (Å²) in [4.78, 5) is 30.9. The highest BCUT2D eigenvalue weighted by molar-refractivity contribution is 8.00. The minimum atomic E-state index is -0.493. The number of esters is 1. The summed E-state index contributed by atoms with van der Waals surface area (Å²) >= 11 is 1.49. The Hall–Kier alpha value is -3.19. The summed E-state index contributed by atoms with van der Waals surface area (Å²) in [6.07, 6.45) is 1.50. The molecule has 1 fully saturated rings. The van der Waals surface area contributed by atoms with Gasteiger partial charge in [0.25, 0.3) is 0 Å². The molecule has 1 aliphatic heterocycles. The lowest BCUT2D eigenvalue weighted by molar-refractivity contribution is -0.115. The standard InChI is InChI=1S/C23H19FN2O3S/c1-14-11-17(23(28)29-19-9-3-15(2)25-12-19)6-10-20(14)26-21(27)13-30-22(26)16-4-7-18(24)8-5-16/h3-12,22H,13H2,1-2H3. The first-order valence-electron chi connectivity index (χ1n) is 9.37. The SMILES string of the molecule is Cc1ccc(OC(=O)c2ccc(N3C(=O)CSC3c3ccc(F)cc3)c(C)c2)cn1. The molecule has 1 saturated heterocycles. The molecule has 152 valence electrons. The maximum atomic E-state index is 13.3. The van der Waals surface area contributed by atoms with Crippen molar-refractivity contribution >= 4 is 29.3 Å². The Morgan fingerprint density at radius 2 is 1.90 bits per heavy atom. The Morgan fingerprint density at radius 1 is 1.13 bits per heavy atom. The number of rotatable bonds is 4. The molecule has 30 heavy (non-hydrogen) atoms. The van der Waals surface area contributed by atoms with Gasteiger partial charge in [0.2, 0.25) is 5.91 Å². The normalized spacial score (nSPS) is 16.0. The number of benzene rings is 2. The van der Waals surface area contributed by atoms with Crippen molar-refractivity contribution in [3.63, 3.8) is 0 Å². The fraction of sp³-hybridized carbons (Fsp3) is 0.174. The van der Waals surface area contributed by atoms with E-state index in [1.807, 2.05) is 13.8 Å². The van der Waals surface area contributed by atoms with Gasteiger partial charge in [-0.15, -0.1) is 11.8 Å².